The van der Waals surface area contributed by atoms with E-state index in [9.17, 15) is 0 Å². The third kappa shape index (κ3) is 3.69. The van der Waals surface area contributed by atoms with Gasteiger partial charge in [-0.2, -0.15) is 0 Å². The average molecular weight is 201 g/mol. The van der Waals surface area contributed by atoms with E-state index in [0.29, 0.717) is 11.6 Å². The van der Waals surface area contributed by atoms with Gasteiger partial charge in [-0.3, -0.25) is 0 Å². The molecule has 0 aliphatic rings. The molecule has 1 aromatic heterocycles. The minimum atomic E-state index is 0.492. The van der Waals surface area contributed by atoms with Crippen molar-refractivity contribution in [3.8, 4) is 0 Å². The van der Waals surface area contributed by atoms with E-state index in [4.69, 9.17) is 10.5 Å². The Balaban J connectivity index is 2.10. The van der Waals surface area contributed by atoms with Crippen molar-refractivity contribution in [3.63, 3.8) is 0 Å². The van der Waals surface area contributed by atoms with Crippen molar-refractivity contribution in [1.82, 2.24) is 9.59 Å². The van der Waals surface area contributed by atoms with Gasteiger partial charge in [-0.1, -0.05) is 24.3 Å². The number of hydrogen-bond acceptors (Lipinski definition) is 5. The van der Waals surface area contributed by atoms with E-state index in [2.05, 4.69) is 16.5 Å². The third-order valence-corrected chi connectivity index (χ3v) is 2.31. The molecule has 5 heteroatoms. The van der Waals surface area contributed by atoms with E-state index >= 15 is 0 Å². The molecule has 0 spiro atoms. The standard InChI is InChI=1S/C8H15N3OS/c1-2-3-4-5-12-6-7-8(9)13-11-10-7/h2-6,9H2,1H3. The van der Waals surface area contributed by atoms with Crippen LogP contribution in [0.25, 0.3) is 0 Å². The summed E-state index contributed by atoms with van der Waals surface area (Å²) in [7, 11) is 0. The topological polar surface area (TPSA) is 61.0 Å². The highest BCUT2D eigenvalue weighted by Crippen LogP contribution is 2.13. The summed E-state index contributed by atoms with van der Waals surface area (Å²) < 4.78 is 9.11. The molecule has 0 saturated carbocycles. The zero-order chi connectivity index (χ0) is 9.52. The minimum absolute atomic E-state index is 0.492. The first kappa shape index (κ1) is 10.4. The summed E-state index contributed by atoms with van der Waals surface area (Å²) in [6.07, 6.45) is 3.53. The molecule has 0 radical (unpaired) electrons. The Morgan fingerprint density at radius 1 is 1.46 bits per heavy atom. The van der Waals surface area contributed by atoms with Gasteiger partial charge in [0, 0.05) is 18.1 Å². The number of rotatable bonds is 6. The quantitative estimate of drug-likeness (QED) is 0.713. The van der Waals surface area contributed by atoms with Gasteiger partial charge in [0.1, 0.15) is 10.7 Å². The van der Waals surface area contributed by atoms with Gasteiger partial charge >= 0.3 is 0 Å². The third-order valence-electron chi connectivity index (χ3n) is 1.72. The zero-order valence-electron chi connectivity index (χ0n) is 7.82. The molecule has 1 rings (SSSR count). The SMILES string of the molecule is CCCCCOCc1nnsc1N. The highest BCUT2D eigenvalue weighted by Gasteiger charge is 2.02. The van der Waals surface area contributed by atoms with E-state index in [1.165, 1.54) is 24.4 Å². The number of anilines is 1. The van der Waals surface area contributed by atoms with Crippen LogP contribution in [0.15, 0.2) is 0 Å². The van der Waals surface area contributed by atoms with E-state index in [0.717, 1.165) is 18.7 Å². The summed E-state index contributed by atoms with van der Waals surface area (Å²) >= 11 is 1.21. The van der Waals surface area contributed by atoms with Crippen LogP contribution in [0.2, 0.25) is 0 Å². The second-order valence-electron chi connectivity index (χ2n) is 2.84. The van der Waals surface area contributed by atoms with Crippen LogP contribution >= 0.6 is 11.5 Å². The molecule has 0 aliphatic heterocycles. The lowest BCUT2D eigenvalue weighted by atomic mass is 10.3. The fourth-order valence-electron chi connectivity index (χ4n) is 0.939. The van der Waals surface area contributed by atoms with Crippen molar-refractivity contribution in [2.75, 3.05) is 12.3 Å². The molecule has 0 amide bonds. The van der Waals surface area contributed by atoms with Crippen LogP contribution < -0.4 is 5.73 Å². The molecule has 1 heterocycles. The van der Waals surface area contributed by atoms with Gasteiger partial charge in [0.25, 0.3) is 0 Å². The van der Waals surface area contributed by atoms with Crippen LogP contribution in [0.1, 0.15) is 31.9 Å². The smallest absolute Gasteiger partial charge is 0.133 e. The van der Waals surface area contributed by atoms with E-state index in [1.54, 1.807) is 0 Å². The van der Waals surface area contributed by atoms with Crippen molar-refractivity contribution in [2.45, 2.75) is 32.8 Å². The maximum atomic E-state index is 5.59. The van der Waals surface area contributed by atoms with Crippen molar-refractivity contribution >= 4 is 16.5 Å². The molecule has 0 saturated heterocycles. The Kier molecular flexibility index (Phi) is 4.70. The van der Waals surface area contributed by atoms with Crippen molar-refractivity contribution in [1.29, 1.82) is 0 Å². The van der Waals surface area contributed by atoms with Gasteiger partial charge in [0.15, 0.2) is 0 Å². The van der Waals surface area contributed by atoms with Gasteiger partial charge in [-0.25, -0.2) is 0 Å². The van der Waals surface area contributed by atoms with Gasteiger partial charge in [0.05, 0.1) is 6.61 Å². The van der Waals surface area contributed by atoms with Crippen LogP contribution in [-0.4, -0.2) is 16.2 Å². The summed E-state index contributed by atoms with van der Waals surface area (Å²) in [5, 5.41) is 4.51. The van der Waals surface area contributed by atoms with Crippen LogP contribution in [0, 0.1) is 0 Å². The Labute approximate surface area is 82.3 Å². The molecule has 0 unspecified atom stereocenters. The van der Waals surface area contributed by atoms with Crippen LogP contribution in [0.3, 0.4) is 0 Å². The molecule has 0 bridgehead atoms. The summed E-state index contributed by atoms with van der Waals surface area (Å²) in [6, 6.07) is 0. The van der Waals surface area contributed by atoms with Crippen LogP contribution in [0.5, 0.6) is 0 Å². The van der Waals surface area contributed by atoms with Gasteiger partial charge in [0.2, 0.25) is 0 Å². The fraction of sp³-hybridized carbons (Fsp3) is 0.750. The highest BCUT2D eigenvalue weighted by atomic mass is 32.1. The maximum absolute atomic E-state index is 5.59. The molecule has 74 valence electrons. The predicted octanol–water partition coefficient (Wildman–Crippen LogP) is 1.83. The number of unbranched alkanes of at least 4 members (excludes halogenated alkanes) is 2. The molecular weight excluding hydrogens is 186 g/mol. The number of hydrogen-bond donors (Lipinski definition) is 1. The maximum Gasteiger partial charge on any atom is 0.133 e. The average Bonchev–Trinajstić information content (AvgIpc) is 2.52. The second-order valence-corrected chi connectivity index (χ2v) is 3.63. The molecule has 4 nitrogen and oxygen atoms in total. The van der Waals surface area contributed by atoms with Crippen LogP contribution in [0.4, 0.5) is 5.00 Å². The first-order valence-corrected chi connectivity index (χ1v) is 5.26. The molecule has 0 aliphatic carbocycles. The number of nitrogens with two attached hydrogens (primary N) is 1. The Bertz CT molecular complexity index is 239. The van der Waals surface area contributed by atoms with Gasteiger partial charge in [-0.05, 0) is 6.42 Å². The lowest BCUT2D eigenvalue weighted by molar-refractivity contribution is 0.115. The molecule has 1 aromatic rings. The summed E-state index contributed by atoms with van der Waals surface area (Å²) in [5.74, 6) is 0. The lowest BCUT2D eigenvalue weighted by Gasteiger charge is -2.00. The minimum Gasteiger partial charge on any atom is -0.388 e. The molecule has 0 aromatic carbocycles. The largest absolute Gasteiger partial charge is 0.388 e. The van der Waals surface area contributed by atoms with Crippen molar-refractivity contribution in [2.24, 2.45) is 0 Å². The summed E-state index contributed by atoms with van der Waals surface area (Å²) in [5.41, 5.74) is 6.36. The summed E-state index contributed by atoms with van der Waals surface area (Å²) in [4.78, 5) is 0. The monoisotopic (exact) mass is 201 g/mol. The highest BCUT2D eigenvalue weighted by molar-refractivity contribution is 7.09. The number of aromatic nitrogens is 2. The van der Waals surface area contributed by atoms with Crippen LogP contribution in [-0.2, 0) is 11.3 Å². The first-order chi connectivity index (χ1) is 6.34. The predicted molar refractivity (Wildman–Crippen MR) is 53.5 cm³/mol. The molecular formula is C8H15N3OS. The summed E-state index contributed by atoms with van der Waals surface area (Å²) in [6.45, 7) is 3.44. The Hall–Kier alpha value is -0.680. The number of nitrogens with zero attached hydrogens (tertiary/aromatic N) is 2. The molecule has 2 N–H and O–H groups in total. The van der Waals surface area contributed by atoms with E-state index in [1.807, 2.05) is 0 Å². The second kappa shape index (κ2) is 5.88. The van der Waals surface area contributed by atoms with Crippen molar-refractivity contribution < 1.29 is 4.74 Å². The van der Waals surface area contributed by atoms with Crippen molar-refractivity contribution in [3.05, 3.63) is 5.69 Å². The number of ether oxygens (including phenoxy) is 1. The van der Waals surface area contributed by atoms with Gasteiger partial charge in [-0.15, -0.1) is 5.10 Å². The first-order valence-electron chi connectivity index (χ1n) is 4.49. The van der Waals surface area contributed by atoms with E-state index in [-0.39, 0.29) is 0 Å². The lowest BCUT2D eigenvalue weighted by Crippen LogP contribution is -1.98. The number of nitrogen functional groups attached to an aromatic ring is 1. The zero-order valence-corrected chi connectivity index (χ0v) is 8.64. The Morgan fingerprint density at radius 3 is 2.92 bits per heavy atom. The van der Waals surface area contributed by atoms with Gasteiger partial charge < -0.3 is 10.5 Å². The normalized spacial score (nSPS) is 10.5. The fourth-order valence-corrected chi connectivity index (χ4v) is 1.37. The van der Waals surface area contributed by atoms with E-state index < -0.39 is 0 Å². The molecule has 13 heavy (non-hydrogen) atoms. The molecule has 0 fully saturated rings. The Morgan fingerprint density at radius 2 is 2.31 bits per heavy atom. The molecule has 0 atom stereocenters.